The number of carboxylic acid groups (broad SMARTS) is 1. The highest BCUT2D eigenvalue weighted by atomic mass is 32.2. The van der Waals surface area contributed by atoms with Crippen molar-refractivity contribution in [3.8, 4) is 5.75 Å². The molecule has 0 fully saturated rings. The number of unbranched alkanes of at least 4 members (excludes halogenated alkanes) is 13. The highest BCUT2D eigenvalue weighted by Crippen LogP contribution is 2.24. The Morgan fingerprint density at radius 1 is 0.638 bits per heavy atom. The fourth-order valence-electron chi connectivity index (χ4n) is 7.17. The lowest BCUT2D eigenvalue weighted by Crippen LogP contribution is -2.30. The van der Waals surface area contributed by atoms with Crippen molar-refractivity contribution in [2.45, 2.75) is 168 Å². The van der Waals surface area contributed by atoms with Crippen molar-refractivity contribution < 1.29 is 52.0 Å². The zero-order chi connectivity index (χ0) is 43.3. The van der Waals surface area contributed by atoms with Crippen molar-refractivity contribution in [2.75, 3.05) is 12.3 Å². The zero-order valence-electron chi connectivity index (χ0n) is 35.1. The highest BCUT2D eigenvalue weighted by molar-refractivity contribution is 7.85. The minimum atomic E-state index is -3.85. The quantitative estimate of drug-likeness (QED) is 0.0322. The second-order valence-electron chi connectivity index (χ2n) is 16.5. The Bertz CT molecular complexity index is 1490. The van der Waals surface area contributed by atoms with E-state index in [0.717, 1.165) is 76.2 Å². The zero-order valence-corrected chi connectivity index (χ0v) is 35.9. The molecule has 330 valence electrons. The molecule has 1 rings (SSSR count). The fourth-order valence-corrected chi connectivity index (χ4v) is 7.74. The number of hydrogen-bond donors (Lipinski definition) is 5. The van der Waals surface area contributed by atoms with Gasteiger partial charge in [0.1, 0.15) is 23.1 Å². The molecule has 0 saturated carbocycles. The number of phenolic OH excluding ortho intramolecular Hbond substituents is 1. The van der Waals surface area contributed by atoms with Crippen LogP contribution in [0, 0.1) is 23.7 Å². The predicted octanol–water partition coefficient (Wildman–Crippen LogP) is 7.69. The Labute approximate surface area is 346 Å². The minimum absolute atomic E-state index is 0.0261. The van der Waals surface area contributed by atoms with Crippen molar-refractivity contribution in [1.82, 2.24) is 5.32 Å². The van der Waals surface area contributed by atoms with E-state index in [-0.39, 0.29) is 79.2 Å². The lowest BCUT2D eigenvalue weighted by Gasteiger charge is -2.19. The van der Waals surface area contributed by atoms with E-state index in [9.17, 15) is 47.4 Å². The van der Waals surface area contributed by atoms with Gasteiger partial charge in [-0.3, -0.25) is 33.3 Å². The Balaban J connectivity index is 2.33. The predicted molar refractivity (Wildman–Crippen MR) is 225 cm³/mol. The van der Waals surface area contributed by atoms with Crippen LogP contribution < -0.4 is 11.1 Å². The number of aliphatic carboxylic acids is 1. The summed E-state index contributed by atoms with van der Waals surface area (Å²) < 4.78 is 30.2. The number of phenols is 1. The molecule has 58 heavy (non-hydrogen) atoms. The van der Waals surface area contributed by atoms with Crippen molar-refractivity contribution in [1.29, 1.82) is 0 Å². The molecule has 14 heteroatoms. The summed E-state index contributed by atoms with van der Waals surface area (Å²) in [6.45, 7) is 4.17. The van der Waals surface area contributed by atoms with Crippen molar-refractivity contribution in [3.05, 3.63) is 29.8 Å². The number of Topliss-reactive ketones (excluding diaryl/α,β-unsaturated/α-hetero) is 3. The maximum Gasteiger partial charge on any atom is 0.306 e. The number of nitrogens with two attached hydrogens (primary N) is 1. The lowest BCUT2D eigenvalue weighted by atomic mass is 9.84. The molecule has 0 aliphatic carbocycles. The number of carbonyl (C=O) groups is 6. The molecule has 0 radical (unpaired) electrons. The van der Waals surface area contributed by atoms with Crippen LogP contribution in [0.15, 0.2) is 24.3 Å². The van der Waals surface area contributed by atoms with Crippen LogP contribution in [0.4, 0.5) is 0 Å². The van der Waals surface area contributed by atoms with Gasteiger partial charge >= 0.3 is 5.97 Å². The van der Waals surface area contributed by atoms with Gasteiger partial charge in [-0.05, 0) is 62.1 Å². The van der Waals surface area contributed by atoms with Gasteiger partial charge in [0, 0.05) is 56.9 Å². The first kappa shape index (κ1) is 52.4. The van der Waals surface area contributed by atoms with Crippen LogP contribution >= 0.6 is 0 Å². The van der Waals surface area contributed by atoms with Crippen molar-refractivity contribution in [3.63, 3.8) is 0 Å². The van der Waals surface area contributed by atoms with Crippen LogP contribution in [0.3, 0.4) is 0 Å². The van der Waals surface area contributed by atoms with E-state index in [0.29, 0.717) is 51.5 Å². The average molecular weight is 837 g/mol. The third kappa shape index (κ3) is 27.9. The molecular weight excluding hydrogens is 765 g/mol. The third-order valence-corrected chi connectivity index (χ3v) is 11.3. The molecule has 0 heterocycles. The van der Waals surface area contributed by atoms with Crippen molar-refractivity contribution in [2.24, 2.45) is 29.4 Å². The van der Waals surface area contributed by atoms with E-state index in [2.05, 4.69) is 5.32 Å². The van der Waals surface area contributed by atoms with E-state index in [1.807, 2.05) is 13.8 Å². The summed E-state index contributed by atoms with van der Waals surface area (Å²) in [4.78, 5) is 75.3. The molecule has 1 aromatic carbocycles. The molecule has 0 aromatic heterocycles. The topological polar surface area (TPSA) is 235 Å². The van der Waals surface area contributed by atoms with Crippen LogP contribution in [0.1, 0.15) is 167 Å². The number of rotatable bonds is 37. The second kappa shape index (κ2) is 30.4. The molecule has 13 nitrogen and oxygen atoms in total. The minimum Gasteiger partial charge on any atom is -0.508 e. The molecule has 3 atom stereocenters. The summed E-state index contributed by atoms with van der Waals surface area (Å²) in [5.74, 6) is -4.57. The van der Waals surface area contributed by atoms with Crippen LogP contribution in [0.2, 0.25) is 0 Å². The molecule has 1 aromatic rings. The molecule has 0 bridgehead atoms. The fraction of sp³-hybridized carbons (Fsp3) is 0.727. The molecular formula is C44H72N2O11S. The lowest BCUT2D eigenvalue weighted by molar-refractivity contribution is -0.144. The van der Waals surface area contributed by atoms with Gasteiger partial charge in [0.25, 0.3) is 10.1 Å². The smallest absolute Gasteiger partial charge is 0.306 e. The number of amides is 2. The second-order valence-corrected chi connectivity index (χ2v) is 18.0. The third-order valence-electron chi connectivity index (χ3n) is 10.5. The summed E-state index contributed by atoms with van der Waals surface area (Å²) in [6.07, 6.45) is 15.1. The number of carbonyl (C=O) groups excluding carboxylic acids is 5. The summed E-state index contributed by atoms with van der Waals surface area (Å²) >= 11 is 0. The molecule has 0 aliphatic rings. The molecule has 0 saturated heterocycles. The number of aromatic hydroxyl groups is 1. The van der Waals surface area contributed by atoms with Crippen LogP contribution in [-0.2, 0) is 45.3 Å². The molecule has 6 N–H and O–H groups in total. The molecule has 0 aliphatic heterocycles. The van der Waals surface area contributed by atoms with Crippen LogP contribution in [0.25, 0.3) is 0 Å². The summed E-state index contributed by atoms with van der Waals surface area (Å²) in [7, 11) is -3.85. The van der Waals surface area contributed by atoms with E-state index < -0.39 is 39.7 Å². The van der Waals surface area contributed by atoms with Gasteiger partial charge in [0.05, 0.1) is 11.7 Å². The Morgan fingerprint density at radius 3 is 1.69 bits per heavy atom. The van der Waals surface area contributed by atoms with E-state index in [1.165, 1.54) is 12.1 Å². The number of carboxylic acids is 1. The summed E-state index contributed by atoms with van der Waals surface area (Å²) in [5.41, 5.74) is 6.39. The summed E-state index contributed by atoms with van der Waals surface area (Å²) in [5, 5.41) is 22.0. The number of primary amides is 1. The first-order chi connectivity index (χ1) is 27.5. The SMILES string of the molecule is CC(C)CC(=O)C[C@@H](CCCCNC(=O)CC[C@H](CC(=O)CCCCCCCCCCCCCCCS(=O)(=O)O)C(=O)O)C(=O)C[C@@H](Cc1ccc(O)cc1)C(N)=O. The van der Waals surface area contributed by atoms with Gasteiger partial charge in [-0.1, -0.05) is 103 Å². The first-order valence-corrected chi connectivity index (χ1v) is 23.2. The van der Waals surface area contributed by atoms with E-state index >= 15 is 0 Å². The monoisotopic (exact) mass is 836 g/mol. The molecule has 0 spiro atoms. The van der Waals surface area contributed by atoms with E-state index in [4.69, 9.17) is 10.3 Å². The van der Waals surface area contributed by atoms with Gasteiger partial charge in [-0.15, -0.1) is 0 Å². The maximum atomic E-state index is 13.4. The number of ketones is 3. The first-order valence-electron chi connectivity index (χ1n) is 21.5. The number of benzene rings is 1. The van der Waals surface area contributed by atoms with Gasteiger partial charge in [0.15, 0.2) is 0 Å². The Kier molecular flexibility index (Phi) is 27.4. The van der Waals surface area contributed by atoms with Gasteiger partial charge in [-0.2, -0.15) is 8.42 Å². The number of hydrogen-bond acceptors (Lipinski definition) is 9. The number of nitrogens with one attached hydrogen (secondary N) is 1. The normalized spacial score (nSPS) is 13.2. The van der Waals surface area contributed by atoms with Crippen molar-refractivity contribution >= 4 is 45.3 Å². The highest BCUT2D eigenvalue weighted by Gasteiger charge is 2.27. The standard InChI is InChI=1S/C44H72N2O11S/c1-33(2)28-40(49)30-35(41(50)32-37(43(45)52)29-34-20-23-38(47)24-21-34)18-15-16-26-46-42(51)25-22-36(44(53)54)31-39(48)19-14-12-10-8-6-4-3-5-7-9-11-13-17-27-58(55,56)57/h20-21,23-24,33,35-37,47H,3-19,22,25-32H2,1-2H3,(H2,45,52)(H,46,51)(H,53,54)(H,55,56,57)/t35-,36-,37-/m1/s1. The van der Waals surface area contributed by atoms with Gasteiger partial charge in [0.2, 0.25) is 11.8 Å². The van der Waals surface area contributed by atoms with Crippen LogP contribution in [-0.4, -0.2) is 70.6 Å². The maximum absolute atomic E-state index is 13.4. The van der Waals surface area contributed by atoms with Gasteiger partial charge < -0.3 is 21.3 Å². The van der Waals surface area contributed by atoms with Crippen LogP contribution in [0.5, 0.6) is 5.75 Å². The Hall–Kier alpha value is -3.65. The van der Waals surface area contributed by atoms with E-state index in [1.54, 1.807) is 12.1 Å². The van der Waals surface area contributed by atoms with Gasteiger partial charge in [-0.25, -0.2) is 0 Å². The molecule has 2 amide bonds. The summed E-state index contributed by atoms with van der Waals surface area (Å²) in [6, 6.07) is 6.33. The largest absolute Gasteiger partial charge is 0.508 e. The average Bonchev–Trinajstić information content (AvgIpc) is 3.13. The Morgan fingerprint density at radius 2 is 1.17 bits per heavy atom. The molecule has 0 unspecified atom stereocenters.